The molecule has 8 heteroatoms. The second-order valence-electron chi connectivity index (χ2n) is 7.46. The standard InChI is InChI=1S/C23H24N2O4S2/c1-17-8-10-19(11-9-17)31(27,28)25(15-18-5-4-13-29-18)16-23(26)24-21-12-14-30-22-7-3-2-6-20(21)22/h2-11,13,21H,12,14-16H2,1H3,(H,24,26)/t21-/m1/s1. The summed E-state index contributed by atoms with van der Waals surface area (Å²) in [7, 11) is -3.88. The minimum Gasteiger partial charge on any atom is -0.468 e. The van der Waals surface area contributed by atoms with Crippen molar-refractivity contribution in [3.8, 4) is 0 Å². The lowest BCUT2D eigenvalue weighted by molar-refractivity contribution is -0.122. The Bertz CT molecular complexity index is 1140. The second-order valence-corrected chi connectivity index (χ2v) is 10.5. The van der Waals surface area contributed by atoms with Crippen molar-refractivity contribution in [3.63, 3.8) is 0 Å². The molecule has 0 bridgehead atoms. The number of amides is 1. The number of carbonyl (C=O) groups is 1. The van der Waals surface area contributed by atoms with E-state index in [0.717, 1.165) is 32.5 Å². The Morgan fingerprint density at radius 3 is 2.65 bits per heavy atom. The van der Waals surface area contributed by atoms with E-state index >= 15 is 0 Å². The number of nitrogens with zero attached hydrogens (tertiary/aromatic N) is 1. The van der Waals surface area contributed by atoms with Gasteiger partial charge in [0.2, 0.25) is 15.9 Å². The first-order chi connectivity index (χ1) is 14.9. The number of sulfonamides is 1. The maximum atomic E-state index is 13.3. The van der Waals surface area contributed by atoms with E-state index in [4.69, 9.17) is 4.42 Å². The van der Waals surface area contributed by atoms with Crippen LogP contribution in [0.3, 0.4) is 0 Å². The molecular formula is C23H24N2O4S2. The molecule has 1 N–H and O–H groups in total. The number of aryl methyl sites for hydroxylation is 1. The van der Waals surface area contributed by atoms with Gasteiger partial charge in [0.1, 0.15) is 5.76 Å². The van der Waals surface area contributed by atoms with Crippen LogP contribution in [0, 0.1) is 6.92 Å². The molecule has 2 heterocycles. The highest BCUT2D eigenvalue weighted by Crippen LogP contribution is 2.35. The summed E-state index contributed by atoms with van der Waals surface area (Å²) in [5.74, 6) is 1.04. The van der Waals surface area contributed by atoms with Gasteiger partial charge in [-0.1, -0.05) is 35.9 Å². The van der Waals surface area contributed by atoms with Gasteiger partial charge in [0.25, 0.3) is 0 Å². The minimum absolute atomic E-state index is 0.0201. The molecule has 4 rings (SSSR count). The largest absolute Gasteiger partial charge is 0.468 e. The summed E-state index contributed by atoms with van der Waals surface area (Å²) in [6.45, 7) is 1.58. The summed E-state index contributed by atoms with van der Waals surface area (Å²) in [6.07, 6.45) is 2.29. The average Bonchev–Trinajstić information content (AvgIpc) is 3.27. The Hall–Kier alpha value is -2.55. The Morgan fingerprint density at radius 2 is 1.90 bits per heavy atom. The minimum atomic E-state index is -3.88. The highest BCUT2D eigenvalue weighted by atomic mass is 32.2. The number of rotatable bonds is 7. The van der Waals surface area contributed by atoms with E-state index in [9.17, 15) is 13.2 Å². The van der Waals surface area contributed by atoms with Crippen LogP contribution in [0.15, 0.2) is 81.1 Å². The van der Waals surface area contributed by atoms with E-state index in [1.54, 1.807) is 48.2 Å². The lowest BCUT2D eigenvalue weighted by atomic mass is 10.0. The lowest BCUT2D eigenvalue weighted by Gasteiger charge is -2.27. The summed E-state index contributed by atoms with van der Waals surface area (Å²) in [6, 6.07) is 17.9. The molecule has 0 spiro atoms. The van der Waals surface area contributed by atoms with Crippen LogP contribution in [0.1, 0.15) is 29.3 Å². The molecule has 0 unspecified atom stereocenters. The third-order valence-corrected chi connectivity index (χ3v) is 8.11. The van der Waals surface area contributed by atoms with E-state index in [0.29, 0.717) is 5.76 Å². The van der Waals surface area contributed by atoms with E-state index in [2.05, 4.69) is 5.32 Å². The maximum absolute atomic E-state index is 13.3. The van der Waals surface area contributed by atoms with Crippen LogP contribution in [0.2, 0.25) is 0 Å². The van der Waals surface area contributed by atoms with Crippen molar-refractivity contribution >= 4 is 27.7 Å². The number of benzene rings is 2. The number of fused-ring (bicyclic) bond motifs is 1. The van der Waals surface area contributed by atoms with Gasteiger partial charge in [-0.3, -0.25) is 4.79 Å². The molecule has 1 aliphatic rings. The molecule has 1 aliphatic heterocycles. The van der Waals surface area contributed by atoms with Crippen molar-refractivity contribution in [2.24, 2.45) is 0 Å². The summed E-state index contributed by atoms with van der Waals surface area (Å²) in [4.78, 5) is 14.2. The van der Waals surface area contributed by atoms with Crippen molar-refractivity contribution < 1.29 is 17.6 Å². The average molecular weight is 457 g/mol. The van der Waals surface area contributed by atoms with Gasteiger partial charge in [-0.15, -0.1) is 11.8 Å². The van der Waals surface area contributed by atoms with Gasteiger partial charge in [0.15, 0.2) is 0 Å². The first-order valence-corrected chi connectivity index (χ1v) is 12.5. The number of thioether (sulfide) groups is 1. The highest BCUT2D eigenvalue weighted by Gasteiger charge is 2.29. The van der Waals surface area contributed by atoms with Crippen LogP contribution in [-0.4, -0.2) is 30.9 Å². The van der Waals surface area contributed by atoms with E-state index in [1.165, 1.54) is 6.26 Å². The van der Waals surface area contributed by atoms with Gasteiger partial charge in [0.05, 0.1) is 30.3 Å². The molecule has 0 fully saturated rings. The summed E-state index contributed by atoms with van der Waals surface area (Å²) < 4.78 is 33.1. The first kappa shape index (κ1) is 21.7. The van der Waals surface area contributed by atoms with Gasteiger partial charge in [0, 0.05) is 10.6 Å². The lowest BCUT2D eigenvalue weighted by Crippen LogP contribution is -2.42. The summed E-state index contributed by atoms with van der Waals surface area (Å²) in [5.41, 5.74) is 2.04. The molecule has 1 amide bonds. The van der Waals surface area contributed by atoms with Crippen molar-refractivity contribution in [3.05, 3.63) is 83.8 Å². The molecule has 0 saturated heterocycles. The highest BCUT2D eigenvalue weighted by molar-refractivity contribution is 7.99. The molecule has 31 heavy (non-hydrogen) atoms. The molecular weight excluding hydrogens is 432 g/mol. The first-order valence-electron chi connectivity index (χ1n) is 10.0. The molecule has 3 aromatic rings. The Morgan fingerprint density at radius 1 is 1.13 bits per heavy atom. The fourth-order valence-electron chi connectivity index (χ4n) is 3.55. The van der Waals surface area contributed by atoms with Crippen LogP contribution >= 0.6 is 11.8 Å². The van der Waals surface area contributed by atoms with Gasteiger partial charge in [-0.05, 0) is 49.2 Å². The molecule has 0 aliphatic carbocycles. The molecule has 0 radical (unpaired) electrons. The quantitative estimate of drug-likeness (QED) is 0.578. The number of carbonyl (C=O) groups excluding carboxylic acids is 1. The number of nitrogens with one attached hydrogen (secondary N) is 1. The van der Waals surface area contributed by atoms with Crippen LogP contribution in [-0.2, 0) is 21.4 Å². The van der Waals surface area contributed by atoms with Gasteiger partial charge < -0.3 is 9.73 Å². The zero-order valence-corrected chi connectivity index (χ0v) is 18.8. The second kappa shape index (κ2) is 9.30. The van der Waals surface area contributed by atoms with Crippen LogP contribution < -0.4 is 5.32 Å². The van der Waals surface area contributed by atoms with Gasteiger partial charge in [-0.2, -0.15) is 4.31 Å². The number of hydrogen-bond acceptors (Lipinski definition) is 5. The van der Waals surface area contributed by atoms with E-state index in [-0.39, 0.29) is 29.9 Å². The third-order valence-electron chi connectivity index (χ3n) is 5.18. The normalized spacial score (nSPS) is 16.1. The Labute approximate surface area is 186 Å². The van der Waals surface area contributed by atoms with Gasteiger partial charge in [-0.25, -0.2) is 8.42 Å². The van der Waals surface area contributed by atoms with E-state index in [1.807, 2.05) is 31.2 Å². The molecule has 1 atom stereocenters. The molecule has 162 valence electrons. The van der Waals surface area contributed by atoms with Crippen LogP contribution in [0.25, 0.3) is 0 Å². The zero-order valence-electron chi connectivity index (χ0n) is 17.2. The predicted molar refractivity (Wildman–Crippen MR) is 120 cm³/mol. The number of furan rings is 1. The van der Waals surface area contributed by atoms with Crippen molar-refractivity contribution in [2.45, 2.75) is 35.7 Å². The van der Waals surface area contributed by atoms with Crippen molar-refractivity contribution in [2.75, 3.05) is 12.3 Å². The zero-order chi connectivity index (χ0) is 21.8. The van der Waals surface area contributed by atoms with Gasteiger partial charge >= 0.3 is 0 Å². The Balaban J connectivity index is 1.55. The fourth-order valence-corrected chi connectivity index (χ4v) is 6.04. The smallest absolute Gasteiger partial charge is 0.243 e. The summed E-state index contributed by atoms with van der Waals surface area (Å²) >= 11 is 1.77. The molecule has 2 aromatic carbocycles. The molecule has 1 aromatic heterocycles. The van der Waals surface area contributed by atoms with Crippen molar-refractivity contribution in [1.82, 2.24) is 9.62 Å². The molecule has 0 saturated carbocycles. The summed E-state index contributed by atoms with van der Waals surface area (Å²) in [5, 5.41) is 3.03. The molecule has 6 nitrogen and oxygen atoms in total. The monoisotopic (exact) mass is 456 g/mol. The Kier molecular flexibility index (Phi) is 6.50. The van der Waals surface area contributed by atoms with Crippen LogP contribution in [0.5, 0.6) is 0 Å². The van der Waals surface area contributed by atoms with Crippen molar-refractivity contribution in [1.29, 1.82) is 0 Å². The third kappa shape index (κ3) is 5.03. The number of hydrogen-bond donors (Lipinski definition) is 1. The fraction of sp³-hybridized carbons (Fsp3) is 0.261. The topological polar surface area (TPSA) is 79.6 Å². The predicted octanol–water partition coefficient (Wildman–Crippen LogP) is 4.13. The van der Waals surface area contributed by atoms with Crippen LogP contribution in [0.4, 0.5) is 0 Å². The maximum Gasteiger partial charge on any atom is 0.243 e. The van der Waals surface area contributed by atoms with E-state index < -0.39 is 10.0 Å². The SMILES string of the molecule is Cc1ccc(S(=O)(=O)N(CC(=O)N[C@@H]2CCSc3ccccc32)Cc2ccco2)cc1.